The number of hydrogen-bond acceptors (Lipinski definition) is 5. The number of benzene rings is 2. The molecule has 0 aliphatic carbocycles. The van der Waals surface area contributed by atoms with Gasteiger partial charge in [0.1, 0.15) is 0 Å². The van der Waals surface area contributed by atoms with Crippen LogP contribution in [0.5, 0.6) is 0 Å². The predicted octanol–water partition coefficient (Wildman–Crippen LogP) is 3.49. The topological polar surface area (TPSA) is 81.0 Å². The summed E-state index contributed by atoms with van der Waals surface area (Å²) in [4.78, 5) is 18.6. The average Bonchev–Trinajstić information content (AvgIpc) is 3.15. The fraction of sp³-hybridized carbons (Fsp3) is 0.417. The summed E-state index contributed by atoms with van der Waals surface area (Å²) in [5, 5.41) is 0. The first kappa shape index (κ1) is 23.8. The van der Waals surface area contributed by atoms with E-state index in [2.05, 4.69) is 31.0 Å². The maximum absolute atomic E-state index is 13.2. The Hall–Kier alpha value is -2.33. The molecule has 4 rings (SSSR count). The molecule has 9 heteroatoms. The van der Waals surface area contributed by atoms with Gasteiger partial charge in [-0.3, -0.25) is 4.79 Å². The van der Waals surface area contributed by atoms with Crippen LogP contribution in [0.2, 0.25) is 0 Å². The van der Waals surface area contributed by atoms with Gasteiger partial charge in [0.05, 0.1) is 27.6 Å². The molecule has 0 radical (unpaired) electrons. The summed E-state index contributed by atoms with van der Waals surface area (Å²) in [6, 6.07) is 12.6. The van der Waals surface area contributed by atoms with E-state index in [-0.39, 0.29) is 17.3 Å². The lowest BCUT2D eigenvalue weighted by atomic mass is 9.99. The second-order valence-corrected chi connectivity index (χ2v) is 11.3. The Balaban J connectivity index is 1.66. The number of aromatic nitrogens is 1. The maximum atomic E-state index is 13.2. The molecular weight excluding hydrogens is 458 g/mol. The second-order valence-electron chi connectivity index (χ2n) is 8.42. The van der Waals surface area contributed by atoms with Crippen LogP contribution in [0.25, 0.3) is 10.2 Å². The molecule has 0 bridgehead atoms. The smallest absolute Gasteiger partial charge is 0.252 e. The van der Waals surface area contributed by atoms with Crippen LogP contribution in [0.4, 0.5) is 0 Å². The number of aryl methyl sites for hydroxylation is 2. The molecule has 1 aliphatic heterocycles. The molecule has 7 nitrogen and oxygen atoms in total. The van der Waals surface area contributed by atoms with Crippen molar-refractivity contribution in [1.29, 1.82) is 0 Å². The molecule has 1 aromatic heterocycles. The molecule has 176 valence electrons. The Morgan fingerprint density at radius 2 is 1.97 bits per heavy atom. The second kappa shape index (κ2) is 9.89. The summed E-state index contributed by atoms with van der Waals surface area (Å²) < 4.78 is 35.9. The van der Waals surface area contributed by atoms with Crippen LogP contribution in [0.3, 0.4) is 0 Å². The molecule has 1 unspecified atom stereocenters. The van der Waals surface area contributed by atoms with Gasteiger partial charge in [-0.15, -0.1) is 0 Å². The van der Waals surface area contributed by atoms with Crippen LogP contribution in [0, 0.1) is 19.8 Å². The summed E-state index contributed by atoms with van der Waals surface area (Å²) in [5.41, 5.74) is 3.33. The Labute approximate surface area is 198 Å². The van der Waals surface area contributed by atoms with E-state index >= 15 is 0 Å². The molecular formula is C24H29N3O4S2. The van der Waals surface area contributed by atoms with E-state index in [0.717, 1.165) is 21.3 Å². The predicted molar refractivity (Wildman–Crippen MR) is 130 cm³/mol. The van der Waals surface area contributed by atoms with E-state index in [9.17, 15) is 13.2 Å². The van der Waals surface area contributed by atoms with Gasteiger partial charge in [0.15, 0.2) is 4.80 Å². The number of carbonyl (C=O) groups excluding carboxylic acids is 1. The SMILES string of the molecule is COCCn1c(=NC(=O)C2CCCN(S(=O)(=O)c3ccccc3)C2)sc2c(C)cc(C)cc21. The third-order valence-corrected chi connectivity index (χ3v) is 9.06. The van der Waals surface area contributed by atoms with E-state index in [4.69, 9.17) is 4.74 Å². The van der Waals surface area contributed by atoms with Crippen molar-refractivity contribution in [2.75, 3.05) is 26.8 Å². The Kier molecular flexibility index (Phi) is 7.13. The molecule has 1 aliphatic rings. The van der Waals surface area contributed by atoms with E-state index in [0.29, 0.717) is 37.3 Å². The van der Waals surface area contributed by atoms with Crippen molar-refractivity contribution in [2.45, 2.75) is 38.1 Å². The lowest BCUT2D eigenvalue weighted by Crippen LogP contribution is -2.42. The Bertz CT molecular complexity index is 1330. The first-order valence-electron chi connectivity index (χ1n) is 11.0. The van der Waals surface area contributed by atoms with Crippen LogP contribution < -0.4 is 4.80 Å². The van der Waals surface area contributed by atoms with Gasteiger partial charge < -0.3 is 9.30 Å². The van der Waals surface area contributed by atoms with Crippen LogP contribution >= 0.6 is 11.3 Å². The normalized spacial score (nSPS) is 18.2. The molecule has 2 aromatic carbocycles. The minimum atomic E-state index is -3.63. The highest BCUT2D eigenvalue weighted by atomic mass is 32.2. The summed E-state index contributed by atoms with van der Waals surface area (Å²) in [6.07, 6.45) is 1.26. The van der Waals surface area contributed by atoms with Gasteiger partial charge in [0.2, 0.25) is 10.0 Å². The van der Waals surface area contributed by atoms with Gasteiger partial charge in [-0.05, 0) is 56.0 Å². The number of piperidine rings is 1. The van der Waals surface area contributed by atoms with E-state index in [1.807, 2.05) is 4.57 Å². The van der Waals surface area contributed by atoms with Crippen LogP contribution in [-0.4, -0.2) is 50.0 Å². The van der Waals surface area contributed by atoms with Crippen molar-refractivity contribution in [1.82, 2.24) is 8.87 Å². The summed E-state index contributed by atoms with van der Waals surface area (Å²) in [5.74, 6) is -0.726. The van der Waals surface area contributed by atoms with E-state index < -0.39 is 15.9 Å². The molecule has 2 heterocycles. The first-order valence-corrected chi connectivity index (χ1v) is 13.3. The molecule has 0 N–H and O–H groups in total. The van der Waals surface area contributed by atoms with Gasteiger partial charge in [-0.2, -0.15) is 9.30 Å². The Morgan fingerprint density at radius 1 is 1.21 bits per heavy atom. The van der Waals surface area contributed by atoms with Gasteiger partial charge >= 0.3 is 0 Å². The van der Waals surface area contributed by atoms with Crippen molar-refractivity contribution in [3.8, 4) is 0 Å². The highest BCUT2D eigenvalue weighted by Gasteiger charge is 2.33. The van der Waals surface area contributed by atoms with Crippen LogP contribution in [0.15, 0.2) is 52.4 Å². The van der Waals surface area contributed by atoms with E-state index in [1.54, 1.807) is 37.4 Å². The van der Waals surface area contributed by atoms with Crippen molar-refractivity contribution in [3.63, 3.8) is 0 Å². The number of thiazole rings is 1. The van der Waals surface area contributed by atoms with Gasteiger partial charge in [-0.25, -0.2) is 8.42 Å². The number of hydrogen-bond donors (Lipinski definition) is 0. The third-order valence-electron chi connectivity index (χ3n) is 5.95. The highest BCUT2D eigenvalue weighted by Crippen LogP contribution is 2.26. The molecule has 0 spiro atoms. The molecule has 33 heavy (non-hydrogen) atoms. The summed E-state index contributed by atoms with van der Waals surface area (Å²) in [6.45, 7) is 5.77. The number of nitrogens with zero attached hydrogens (tertiary/aromatic N) is 3. The number of fused-ring (bicyclic) bond motifs is 1. The minimum Gasteiger partial charge on any atom is -0.383 e. The first-order chi connectivity index (χ1) is 15.8. The maximum Gasteiger partial charge on any atom is 0.252 e. The molecule has 0 saturated carbocycles. The monoisotopic (exact) mass is 487 g/mol. The van der Waals surface area contributed by atoms with Crippen molar-refractivity contribution < 1.29 is 17.9 Å². The van der Waals surface area contributed by atoms with Crippen LogP contribution in [-0.2, 0) is 26.1 Å². The van der Waals surface area contributed by atoms with Crippen molar-refractivity contribution in [3.05, 3.63) is 58.4 Å². The molecule has 1 fully saturated rings. The van der Waals surface area contributed by atoms with Crippen molar-refractivity contribution >= 4 is 37.5 Å². The number of rotatable bonds is 6. The average molecular weight is 488 g/mol. The minimum absolute atomic E-state index is 0.153. The van der Waals surface area contributed by atoms with Gasteiger partial charge in [0.25, 0.3) is 5.91 Å². The zero-order valence-electron chi connectivity index (χ0n) is 19.2. The number of ether oxygens (including phenoxy) is 1. The molecule has 1 saturated heterocycles. The summed E-state index contributed by atoms with van der Waals surface area (Å²) in [7, 11) is -1.98. The van der Waals surface area contributed by atoms with E-state index in [1.165, 1.54) is 15.6 Å². The third kappa shape index (κ3) is 4.96. The quantitative estimate of drug-likeness (QED) is 0.533. The fourth-order valence-corrected chi connectivity index (χ4v) is 6.94. The highest BCUT2D eigenvalue weighted by molar-refractivity contribution is 7.89. The van der Waals surface area contributed by atoms with Gasteiger partial charge in [-0.1, -0.05) is 35.6 Å². The standard InChI is InChI=1S/C24H29N3O4S2/c1-17-14-18(2)22-21(15-17)27(12-13-31-3)24(32-22)25-23(28)19-8-7-11-26(16-19)33(29,30)20-9-5-4-6-10-20/h4-6,9-10,14-15,19H,7-8,11-13,16H2,1-3H3. The zero-order valence-corrected chi connectivity index (χ0v) is 20.8. The lowest BCUT2D eigenvalue weighted by Gasteiger charge is -2.30. The largest absolute Gasteiger partial charge is 0.383 e. The van der Waals surface area contributed by atoms with Gasteiger partial charge in [0, 0.05) is 26.7 Å². The van der Waals surface area contributed by atoms with Crippen molar-refractivity contribution in [2.24, 2.45) is 10.9 Å². The number of sulfonamides is 1. The van der Waals surface area contributed by atoms with Crippen LogP contribution in [0.1, 0.15) is 24.0 Å². The number of carbonyl (C=O) groups is 1. The Morgan fingerprint density at radius 3 is 2.70 bits per heavy atom. The summed E-state index contributed by atoms with van der Waals surface area (Å²) >= 11 is 1.49. The fourth-order valence-electron chi connectivity index (χ4n) is 4.29. The molecule has 1 amide bonds. The number of amides is 1. The molecule has 3 aromatic rings. The lowest BCUT2D eigenvalue weighted by molar-refractivity contribution is -0.122. The molecule has 1 atom stereocenters. The number of methoxy groups -OCH3 is 1. The zero-order chi connectivity index (χ0) is 23.6.